The highest BCUT2D eigenvalue weighted by Crippen LogP contribution is 2.10. The van der Waals surface area contributed by atoms with Crippen LogP contribution in [0.4, 0.5) is 4.79 Å². The summed E-state index contributed by atoms with van der Waals surface area (Å²) in [4.78, 5) is 13.5. The molecule has 2 N–H and O–H groups in total. The molecule has 1 heterocycles. The Morgan fingerprint density at radius 3 is 2.53 bits per heavy atom. The number of nitrogens with zero attached hydrogens (tertiary/aromatic N) is 1. The smallest absolute Gasteiger partial charge is 0.317 e. The summed E-state index contributed by atoms with van der Waals surface area (Å²) >= 11 is 0. The maximum absolute atomic E-state index is 11.7. The number of nitrogens with one attached hydrogen (secondary N) is 1. The summed E-state index contributed by atoms with van der Waals surface area (Å²) in [6.07, 6.45) is 3.02. The molecule has 4 heteroatoms. The Labute approximate surface area is 101 Å². The van der Waals surface area contributed by atoms with Gasteiger partial charge in [0.2, 0.25) is 0 Å². The first-order valence-corrected chi connectivity index (χ1v) is 6.06. The predicted octanol–water partition coefficient (Wildman–Crippen LogP) is 1.74. The van der Waals surface area contributed by atoms with Crippen molar-refractivity contribution in [2.75, 3.05) is 19.6 Å². The first kappa shape index (κ1) is 11.8. The van der Waals surface area contributed by atoms with Crippen LogP contribution < -0.4 is 5.32 Å². The largest absolute Gasteiger partial charge is 0.508 e. The van der Waals surface area contributed by atoms with Gasteiger partial charge in [0.1, 0.15) is 5.75 Å². The van der Waals surface area contributed by atoms with Crippen LogP contribution in [-0.4, -0.2) is 35.7 Å². The number of benzene rings is 1. The predicted molar refractivity (Wildman–Crippen MR) is 66.0 cm³/mol. The second kappa shape index (κ2) is 5.57. The van der Waals surface area contributed by atoms with E-state index in [2.05, 4.69) is 5.32 Å². The van der Waals surface area contributed by atoms with Gasteiger partial charge in [0.15, 0.2) is 0 Å². The van der Waals surface area contributed by atoms with E-state index in [0.29, 0.717) is 6.54 Å². The molecule has 2 rings (SSSR count). The van der Waals surface area contributed by atoms with E-state index in [9.17, 15) is 4.79 Å². The Morgan fingerprint density at radius 2 is 1.88 bits per heavy atom. The summed E-state index contributed by atoms with van der Waals surface area (Å²) in [7, 11) is 0. The van der Waals surface area contributed by atoms with E-state index in [4.69, 9.17) is 5.11 Å². The van der Waals surface area contributed by atoms with Crippen LogP contribution >= 0.6 is 0 Å². The molecule has 4 nitrogen and oxygen atoms in total. The molecule has 1 saturated heterocycles. The van der Waals surface area contributed by atoms with E-state index >= 15 is 0 Å². The Kier molecular flexibility index (Phi) is 3.85. The Balaban J connectivity index is 1.72. The van der Waals surface area contributed by atoms with Gasteiger partial charge in [-0.05, 0) is 37.0 Å². The van der Waals surface area contributed by atoms with Gasteiger partial charge in [0, 0.05) is 19.6 Å². The van der Waals surface area contributed by atoms with Crippen LogP contribution in [0.15, 0.2) is 24.3 Å². The minimum absolute atomic E-state index is 0.0429. The van der Waals surface area contributed by atoms with E-state index in [-0.39, 0.29) is 11.8 Å². The normalized spacial score (nSPS) is 14.9. The maximum Gasteiger partial charge on any atom is 0.317 e. The fraction of sp³-hybridized carbons (Fsp3) is 0.462. The number of phenols is 1. The standard InChI is InChI=1S/C13H18N2O2/c16-12-5-3-11(4-6-12)7-8-14-13(17)15-9-1-2-10-15/h3-6,16H,1-2,7-10H2,(H,14,17). The van der Waals surface area contributed by atoms with Crippen molar-refractivity contribution in [2.24, 2.45) is 0 Å². The average molecular weight is 234 g/mol. The SMILES string of the molecule is O=C(NCCc1ccc(O)cc1)N1CCCC1. The molecule has 0 bridgehead atoms. The van der Waals surface area contributed by atoms with Crippen LogP contribution in [0.5, 0.6) is 5.75 Å². The highest BCUT2D eigenvalue weighted by Gasteiger charge is 2.16. The quantitative estimate of drug-likeness (QED) is 0.837. The maximum atomic E-state index is 11.7. The molecule has 1 aromatic rings. The third kappa shape index (κ3) is 3.37. The molecular weight excluding hydrogens is 216 g/mol. The molecule has 1 aliphatic heterocycles. The summed E-state index contributed by atoms with van der Waals surface area (Å²) in [5.41, 5.74) is 1.12. The Morgan fingerprint density at radius 1 is 1.24 bits per heavy atom. The molecular formula is C13H18N2O2. The Hall–Kier alpha value is -1.71. The minimum atomic E-state index is 0.0429. The second-order valence-corrected chi connectivity index (χ2v) is 4.34. The molecule has 0 unspecified atom stereocenters. The van der Waals surface area contributed by atoms with E-state index in [0.717, 1.165) is 37.9 Å². The highest BCUT2D eigenvalue weighted by atomic mass is 16.3. The lowest BCUT2D eigenvalue weighted by molar-refractivity contribution is 0.209. The second-order valence-electron chi connectivity index (χ2n) is 4.34. The molecule has 92 valence electrons. The number of aromatic hydroxyl groups is 1. The topological polar surface area (TPSA) is 52.6 Å². The van der Waals surface area contributed by atoms with Crippen molar-refractivity contribution in [2.45, 2.75) is 19.3 Å². The fourth-order valence-electron chi connectivity index (χ4n) is 2.01. The molecule has 1 aliphatic rings. The van der Waals surface area contributed by atoms with Crippen LogP contribution in [-0.2, 0) is 6.42 Å². The van der Waals surface area contributed by atoms with Gasteiger partial charge in [-0.3, -0.25) is 0 Å². The number of likely N-dealkylation sites (tertiary alicyclic amines) is 1. The number of urea groups is 1. The number of amides is 2. The van der Waals surface area contributed by atoms with Gasteiger partial charge in [0.05, 0.1) is 0 Å². The lowest BCUT2D eigenvalue weighted by Gasteiger charge is -2.16. The van der Waals surface area contributed by atoms with Gasteiger partial charge >= 0.3 is 6.03 Å². The van der Waals surface area contributed by atoms with Gasteiger partial charge < -0.3 is 15.3 Å². The zero-order valence-corrected chi connectivity index (χ0v) is 9.85. The highest BCUT2D eigenvalue weighted by molar-refractivity contribution is 5.74. The molecule has 0 radical (unpaired) electrons. The van der Waals surface area contributed by atoms with Crippen LogP contribution in [0.25, 0.3) is 0 Å². The number of carbonyl (C=O) groups is 1. The lowest BCUT2D eigenvalue weighted by Crippen LogP contribution is -2.38. The minimum Gasteiger partial charge on any atom is -0.508 e. The van der Waals surface area contributed by atoms with Crippen molar-refractivity contribution in [3.8, 4) is 5.75 Å². The van der Waals surface area contributed by atoms with Gasteiger partial charge in [-0.15, -0.1) is 0 Å². The fourth-order valence-corrected chi connectivity index (χ4v) is 2.01. The number of phenolic OH excluding ortho intramolecular Hbond substituents is 1. The van der Waals surface area contributed by atoms with Gasteiger partial charge in [-0.2, -0.15) is 0 Å². The van der Waals surface area contributed by atoms with Crippen LogP contribution in [0.2, 0.25) is 0 Å². The van der Waals surface area contributed by atoms with E-state index in [1.165, 1.54) is 0 Å². The third-order valence-electron chi connectivity index (χ3n) is 3.02. The monoisotopic (exact) mass is 234 g/mol. The molecule has 0 aliphatic carbocycles. The average Bonchev–Trinajstić information content (AvgIpc) is 2.85. The molecule has 17 heavy (non-hydrogen) atoms. The lowest BCUT2D eigenvalue weighted by atomic mass is 10.1. The summed E-state index contributed by atoms with van der Waals surface area (Å²) in [6.45, 7) is 2.40. The zero-order valence-electron chi connectivity index (χ0n) is 9.85. The van der Waals surface area contributed by atoms with Crippen molar-refractivity contribution >= 4 is 6.03 Å². The summed E-state index contributed by atoms with van der Waals surface area (Å²) in [5, 5.41) is 12.0. The molecule has 0 aromatic heterocycles. The molecule has 2 amide bonds. The number of rotatable bonds is 3. The van der Waals surface area contributed by atoms with E-state index in [1.807, 2.05) is 17.0 Å². The van der Waals surface area contributed by atoms with Crippen LogP contribution in [0, 0.1) is 0 Å². The van der Waals surface area contributed by atoms with Gasteiger partial charge in [-0.25, -0.2) is 4.79 Å². The molecule has 0 spiro atoms. The van der Waals surface area contributed by atoms with Crippen LogP contribution in [0.1, 0.15) is 18.4 Å². The van der Waals surface area contributed by atoms with Crippen molar-refractivity contribution in [3.05, 3.63) is 29.8 Å². The Bertz CT molecular complexity index is 370. The summed E-state index contributed by atoms with van der Waals surface area (Å²) in [5.74, 6) is 0.273. The third-order valence-corrected chi connectivity index (χ3v) is 3.02. The summed E-state index contributed by atoms with van der Waals surface area (Å²) in [6, 6.07) is 7.12. The van der Waals surface area contributed by atoms with Crippen molar-refractivity contribution < 1.29 is 9.90 Å². The number of carbonyl (C=O) groups excluding carboxylic acids is 1. The zero-order chi connectivity index (χ0) is 12.1. The first-order valence-electron chi connectivity index (χ1n) is 6.06. The van der Waals surface area contributed by atoms with E-state index in [1.54, 1.807) is 12.1 Å². The molecule has 1 fully saturated rings. The molecule has 0 saturated carbocycles. The van der Waals surface area contributed by atoms with Crippen molar-refractivity contribution in [1.29, 1.82) is 0 Å². The van der Waals surface area contributed by atoms with E-state index < -0.39 is 0 Å². The number of hydrogen-bond donors (Lipinski definition) is 2. The molecule has 1 aromatic carbocycles. The summed E-state index contributed by atoms with van der Waals surface area (Å²) < 4.78 is 0. The van der Waals surface area contributed by atoms with Gasteiger partial charge in [-0.1, -0.05) is 12.1 Å². The van der Waals surface area contributed by atoms with Gasteiger partial charge in [0.25, 0.3) is 0 Å². The van der Waals surface area contributed by atoms with Crippen molar-refractivity contribution in [1.82, 2.24) is 10.2 Å². The van der Waals surface area contributed by atoms with Crippen LogP contribution in [0.3, 0.4) is 0 Å². The van der Waals surface area contributed by atoms with Crippen molar-refractivity contribution in [3.63, 3.8) is 0 Å². The molecule has 0 atom stereocenters. The number of hydrogen-bond acceptors (Lipinski definition) is 2. The first-order chi connectivity index (χ1) is 8.25.